The predicted octanol–water partition coefficient (Wildman–Crippen LogP) is 5.99. The topological polar surface area (TPSA) is 61.3 Å². The molecule has 9 heteroatoms. The Morgan fingerprint density at radius 2 is 1.35 bits per heavy atom. The van der Waals surface area contributed by atoms with E-state index >= 15 is 0 Å². The summed E-state index contributed by atoms with van der Waals surface area (Å²) in [6.45, 7) is 0.626. The van der Waals surface area contributed by atoms with Crippen LogP contribution in [0.1, 0.15) is 54.3 Å². The Morgan fingerprint density at radius 3 is 1.87 bits per heavy atom. The Balaban J connectivity index is 2.01. The van der Waals surface area contributed by atoms with Gasteiger partial charge in [-0.3, -0.25) is 0 Å². The molecule has 0 aromatic heterocycles. The normalized spacial score (nSPS) is 14.3. The summed E-state index contributed by atoms with van der Waals surface area (Å²) in [5, 5.41) is 0. The summed E-state index contributed by atoms with van der Waals surface area (Å²) in [7, 11) is 0. The summed E-state index contributed by atoms with van der Waals surface area (Å²) in [6.07, 6.45) is -6.93. The maximum absolute atomic E-state index is 13.6. The lowest BCUT2D eigenvalue weighted by molar-refractivity contribution is -0.274. The first-order valence-corrected chi connectivity index (χ1v) is 9.96. The molecule has 0 heterocycles. The molecule has 0 fully saturated rings. The lowest BCUT2D eigenvalue weighted by Crippen LogP contribution is -2.23. The van der Waals surface area contributed by atoms with E-state index in [0.29, 0.717) is 6.54 Å². The van der Waals surface area contributed by atoms with Crippen molar-refractivity contribution < 1.29 is 31.1 Å². The van der Waals surface area contributed by atoms with Gasteiger partial charge in [0.15, 0.2) is 0 Å². The van der Waals surface area contributed by atoms with Crippen LogP contribution in [0.15, 0.2) is 48.5 Å². The quantitative estimate of drug-likeness (QED) is 0.347. The van der Waals surface area contributed by atoms with E-state index in [-0.39, 0.29) is 18.4 Å². The van der Waals surface area contributed by atoms with E-state index in [1.165, 1.54) is 0 Å². The minimum atomic E-state index is -4.91. The summed E-state index contributed by atoms with van der Waals surface area (Å²) >= 11 is 0. The Hall–Kier alpha value is -2.26. The summed E-state index contributed by atoms with van der Waals surface area (Å²) in [4.78, 5) is 0. The van der Waals surface area contributed by atoms with Crippen molar-refractivity contribution in [2.75, 3.05) is 6.54 Å². The van der Waals surface area contributed by atoms with E-state index in [1.807, 2.05) is 24.3 Å². The van der Waals surface area contributed by atoms with E-state index in [4.69, 9.17) is 11.5 Å². The lowest BCUT2D eigenvalue weighted by Gasteiger charge is -2.23. The Labute approximate surface area is 177 Å². The molecule has 0 spiro atoms. The van der Waals surface area contributed by atoms with E-state index in [9.17, 15) is 26.3 Å². The summed E-state index contributed by atoms with van der Waals surface area (Å²) < 4.78 is 81.1. The molecule has 172 valence electrons. The molecule has 0 amide bonds. The second-order valence-corrected chi connectivity index (χ2v) is 7.38. The number of alkyl halides is 6. The van der Waals surface area contributed by atoms with Crippen LogP contribution in [0.25, 0.3) is 0 Å². The van der Waals surface area contributed by atoms with Gasteiger partial charge in [0.25, 0.3) is 0 Å². The number of ether oxygens (including phenoxy) is 1. The molecule has 0 aliphatic carbocycles. The highest BCUT2D eigenvalue weighted by molar-refractivity contribution is 5.31. The van der Waals surface area contributed by atoms with Crippen molar-refractivity contribution in [3.8, 4) is 5.75 Å². The van der Waals surface area contributed by atoms with Gasteiger partial charge in [-0.15, -0.1) is 13.2 Å². The molecule has 0 saturated heterocycles. The maximum atomic E-state index is 13.6. The molecule has 0 aliphatic heterocycles. The monoisotopic (exact) mass is 448 g/mol. The molecule has 2 unspecified atom stereocenters. The van der Waals surface area contributed by atoms with Gasteiger partial charge in [-0.05, 0) is 67.5 Å². The molecular weight excluding hydrogens is 422 g/mol. The molecule has 31 heavy (non-hydrogen) atoms. The zero-order chi connectivity index (χ0) is 23.1. The van der Waals surface area contributed by atoms with E-state index in [1.54, 1.807) is 0 Å². The Bertz CT molecular complexity index is 788. The minimum absolute atomic E-state index is 0.0670. The molecule has 3 nitrogen and oxygen atoms in total. The Kier molecular flexibility index (Phi) is 8.76. The Morgan fingerprint density at radius 1 is 0.774 bits per heavy atom. The van der Waals surface area contributed by atoms with Crippen molar-refractivity contribution in [1.82, 2.24) is 0 Å². The first-order valence-electron chi connectivity index (χ1n) is 9.96. The van der Waals surface area contributed by atoms with Crippen molar-refractivity contribution in [3.05, 3.63) is 65.2 Å². The summed E-state index contributed by atoms with van der Waals surface area (Å²) in [5.41, 5.74) is 13.3. The smallest absolute Gasteiger partial charge is 0.406 e. The third-order valence-corrected chi connectivity index (χ3v) is 5.00. The first-order chi connectivity index (χ1) is 14.5. The molecule has 0 aliphatic rings. The van der Waals surface area contributed by atoms with Crippen LogP contribution in [-0.4, -0.2) is 19.1 Å². The van der Waals surface area contributed by atoms with Gasteiger partial charge in [-0.25, -0.2) is 0 Å². The number of halogens is 6. The SMILES string of the molecule is NCCCCc1ccc(C(N)CCC(c2ccc(OC(F)(F)F)cc2)C(F)(F)F)cc1. The molecule has 0 bridgehead atoms. The number of nitrogens with two attached hydrogens (primary N) is 2. The van der Waals surface area contributed by atoms with Gasteiger partial charge in [0.2, 0.25) is 0 Å². The first kappa shape index (κ1) is 25.0. The van der Waals surface area contributed by atoms with Gasteiger partial charge in [-0.1, -0.05) is 36.4 Å². The van der Waals surface area contributed by atoms with Crippen molar-refractivity contribution in [1.29, 1.82) is 0 Å². The average molecular weight is 448 g/mol. The fourth-order valence-corrected chi connectivity index (χ4v) is 3.34. The van der Waals surface area contributed by atoms with Gasteiger partial charge in [0, 0.05) is 6.04 Å². The third-order valence-electron chi connectivity index (χ3n) is 5.00. The number of benzene rings is 2. The van der Waals surface area contributed by atoms with Crippen molar-refractivity contribution in [2.24, 2.45) is 11.5 Å². The molecular formula is C22H26F6N2O. The third kappa shape index (κ3) is 8.41. The van der Waals surface area contributed by atoms with Crippen LogP contribution in [0.2, 0.25) is 0 Å². The number of unbranched alkanes of at least 4 members (excludes halogenated alkanes) is 1. The van der Waals surface area contributed by atoms with Crippen LogP contribution >= 0.6 is 0 Å². The molecule has 2 atom stereocenters. The fraction of sp³-hybridized carbons (Fsp3) is 0.455. The number of rotatable bonds is 10. The maximum Gasteiger partial charge on any atom is 0.573 e. The molecule has 0 radical (unpaired) electrons. The molecule has 2 aromatic rings. The highest BCUT2D eigenvalue weighted by Gasteiger charge is 2.40. The van der Waals surface area contributed by atoms with Crippen LogP contribution in [0, 0.1) is 0 Å². The highest BCUT2D eigenvalue weighted by Crippen LogP contribution is 2.40. The lowest BCUT2D eigenvalue weighted by atomic mass is 9.90. The van der Waals surface area contributed by atoms with E-state index in [0.717, 1.165) is 54.7 Å². The van der Waals surface area contributed by atoms with Crippen molar-refractivity contribution in [2.45, 2.75) is 56.6 Å². The molecule has 4 N–H and O–H groups in total. The fourth-order valence-electron chi connectivity index (χ4n) is 3.34. The van der Waals surface area contributed by atoms with Crippen LogP contribution < -0.4 is 16.2 Å². The van der Waals surface area contributed by atoms with Crippen molar-refractivity contribution >= 4 is 0 Å². The number of aryl methyl sites for hydroxylation is 1. The standard InChI is InChI=1S/C22H26F6N2O/c23-21(24,25)19(16-8-10-18(11-9-16)31-22(26,27)28)12-13-20(30)17-6-4-15(5-7-17)3-1-2-14-29/h4-11,19-20H,1-3,12-14,29-30H2. The zero-order valence-electron chi connectivity index (χ0n) is 16.8. The van der Waals surface area contributed by atoms with Gasteiger partial charge < -0.3 is 16.2 Å². The van der Waals surface area contributed by atoms with Crippen LogP contribution in [-0.2, 0) is 6.42 Å². The predicted molar refractivity (Wildman–Crippen MR) is 107 cm³/mol. The molecule has 0 saturated carbocycles. The minimum Gasteiger partial charge on any atom is -0.406 e. The van der Waals surface area contributed by atoms with Crippen molar-refractivity contribution in [3.63, 3.8) is 0 Å². The van der Waals surface area contributed by atoms with Gasteiger partial charge in [-0.2, -0.15) is 13.2 Å². The average Bonchev–Trinajstić information content (AvgIpc) is 2.68. The summed E-state index contributed by atoms with van der Waals surface area (Å²) in [6, 6.07) is 10.6. The van der Waals surface area contributed by atoms with Gasteiger partial charge in [0.05, 0.1) is 5.92 Å². The van der Waals surface area contributed by atoms with Gasteiger partial charge >= 0.3 is 12.5 Å². The van der Waals surface area contributed by atoms with Crippen LogP contribution in [0.3, 0.4) is 0 Å². The van der Waals surface area contributed by atoms with Crippen LogP contribution in [0.4, 0.5) is 26.3 Å². The summed E-state index contributed by atoms with van der Waals surface area (Å²) in [5.74, 6) is -2.41. The second kappa shape index (κ2) is 10.9. The van der Waals surface area contributed by atoms with E-state index in [2.05, 4.69) is 4.74 Å². The van der Waals surface area contributed by atoms with Crippen LogP contribution in [0.5, 0.6) is 5.75 Å². The molecule has 2 aromatic carbocycles. The molecule has 2 rings (SSSR count). The largest absolute Gasteiger partial charge is 0.573 e. The van der Waals surface area contributed by atoms with Gasteiger partial charge in [0.1, 0.15) is 5.75 Å². The zero-order valence-corrected chi connectivity index (χ0v) is 16.8. The number of hydrogen-bond donors (Lipinski definition) is 2. The van der Waals surface area contributed by atoms with E-state index < -0.39 is 30.2 Å². The number of hydrogen-bond acceptors (Lipinski definition) is 3. The highest BCUT2D eigenvalue weighted by atomic mass is 19.4. The second-order valence-electron chi connectivity index (χ2n) is 7.38.